The Morgan fingerprint density at radius 2 is 1.26 bits per heavy atom. The minimum atomic E-state index is 0.358. The van der Waals surface area contributed by atoms with E-state index in [4.69, 9.17) is 14.2 Å². The Hall–Kier alpha value is -1.84. The Morgan fingerprint density at radius 3 is 1.65 bits per heavy atom. The highest BCUT2D eigenvalue weighted by atomic mass is 16.6. The van der Waals surface area contributed by atoms with Crippen LogP contribution in [0.2, 0.25) is 0 Å². The highest BCUT2D eigenvalue weighted by Crippen LogP contribution is 2.33. The van der Waals surface area contributed by atoms with Gasteiger partial charge in [0.2, 0.25) is 0 Å². The maximum absolute atomic E-state index is 6.30. The molecule has 3 heteroatoms. The molecule has 0 aromatic heterocycles. The van der Waals surface area contributed by atoms with E-state index in [9.17, 15) is 0 Å². The van der Waals surface area contributed by atoms with E-state index in [1.54, 1.807) is 0 Å². The maximum atomic E-state index is 6.30. The number of hydrogen-bond acceptors (Lipinski definition) is 3. The third-order valence-electron chi connectivity index (χ3n) is 4.35. The molecule has 0 saturated carbocycles. The van der Waals surface area contributed by atoms with Crippen LogP contribution in [-0.4, -0.2) is 25.4 Å². The molecule has 2 unspecified atom stereocenters. The first kappa shape index (κ1) is 14.7. The fraction of sp³-hybridized carbons (Fsp3) is 0.400. The number of ether oxygens (including phenoxy) is 3. The van der Waals surface area contributed by atoms with E-state index in [1.165, 1.54) is 22.3 Å². The number of benzene rings is 2. The molecule has 0 radical (unpaired) electrons. The minimum Gasteiger partial charge on any atom is -0.457 e. The summed E-state index contributed by atoms with van der Waals surface area (Å²) in [6, 6.07) is 12.8. The Balaban J connectivity index is 1.61. The zero-order valence-electron chi connectivity index (χ0n) is 13.7. The lowest BCUT2D eigenvalue weighted by molar-refractivity contribution is 0.398. The molecule has 4 rings (SSSR count). The fourth-order valence-corrected chi connectivity index (χ4v) is 2.92. The number of rotatable bonds is 6. The minimum absolute atomic E-state index is 0.358. The molecule has 2 heterocycles. The SMILES string of the molecule is Cc1ccc(Oc2ccc(C)cc2CC2CO2)c(CC2CO2)c1. The van der Waals surface area contributed by atoms with Crippen molar-refractivity contribution in [2.75, 3.05) is 13.2 Å². The second-order valence-electron chi connectivity index (χ2n) is 6.64. The van der Waals surface area contributed by atoms with Gasteiger partial charge in [-0.25, -0.2) is 0 Å². The summed E-state index contributed by atoms with van der Waals surface area (Å²) in [5.74, 6) is 1.88. The predicted octanol–water partition coefficient (Wildman–Crippen LogP) is 3.98. The van der Waals surface area contributed by atoms with Gasteiger partial charge < -0.3 is 14.2 Å². The smallest absolute Gasteiger partial charge is 0.130 e. The van der Waals surface area contributed by atoms with Gasteiger partial charge in [-0.15, -0.1) is 0 Å². The molecule has 0 amide bonds. The van der Waals surface area contributed by atoms with Crippen LogP contribution in [0.1, 0.15) is 22.3 Å². The van der Waals surface area contributed by atoms with Crippen LogP contribution in [0.3, 0.4) is 0 Å². The summed E-state index contributed by atoms with van der Waals surface area (Å²) in [5, 5.41) is 0. The molecule has 2 saturated heterocycles. The van der Waals surface area contributed by atoms with Crippen LogP contribution in [0.15, 0.2) is 36.4 Å². The summed E-state index contributed by atoms with van der Waals surface area (Å²) >= 11 is 0. The van der Waals surface area contributed by atoms with Gasteiger partial charge in [0, 0.05) is 12.8 Å². The first-order valence-electron chi connectivity index (χ1n) is 8.27. The topological polar surface area (TPSA) is 34.3 Å². The molecule has 2 aromatic rings. The van der Waals surface area contributed by atoms with E-state index in [1.807, 2.05) is 0 Å². The van der Waals surface area contributed by atoms with E-state index >= 15 is 0 Å². The lowest BCUT2D eigenvalue weighted by atomic mass is 10.0. The lowest BCUT2D eigenvalue weighted by Crippen LogP contribution is -2.01. The predicted molar refractivity (Wildman–Crippen MR) is 89.3 cm³/mol. The van der Waals surface area contributed by atoms with E-state index in [-0.39, 0.29) is 0 Å². The van der Waals surface area contributed by atoms with Crippen molar-refractivity contribution in [2.24, 2.45) is 0 Å². The van der Waals surface area contributed by atoms with Gasteiger partial charge >= 0.3 is 0 Å². The van der Waals surface area contributed by atoms with E-state index < -0.39 is 0 Å². The molecule has 2 aliphatic rings. The van der Waals surface area contributed by atoms with Crippen molar-refractivity contribution in [2.45, 2.75) is 38.9 Å². The highest BCUT2D eigenvalue weighted by molar-refractivity contribution is 5.45. The molecule has 2 fully saturated rings. The molecular formula is C20H22O3. The third kappa shape index (κ3) is 3.74. The van der Waals surface area contributed by atoms with Crippen LogP contribution in [0, 0.1) is 13.8 Å². The number of hydrogen-bond donors (Lipinski definition) is 0. The number of aryl methyl sites for hydroxylation is 2. The summed E-state index contributed by atoms with van der Waals surface area (Å²) in [6.07, 6.45) is 2.56. The van der Waals surface area contributed by atoms with Crippen molar-refractivity contribution in [1.82, 2.24) is 0 Å². The summed E-state index contributed by atoms with van der Waals surface area (Å²) < 4.78 is 17.1. The second-order valence-corrected chi connectivity index (χ2v) is 6.64. The van der Waals surface area contributed by atoms with Crippen molar-refractivity contribution in [3.63, 3.8) is 0 Å². The average molecular weight is 310 g/mol. The van der Waals surface area contributed by atoms with Crippen LogP contribution < -0.4 is 4.74 Å². The lowest BCUT2D eigenvalue weighted by Gasteiger charge is -2.15. The summed E-state index contributed by atoms with van der Waals surface area (Å²) in [7, 11) is 0. The van der Waals surface area contributed by atoms with Gasteiger partial charge in [-0.3, -0.25) is 0 Å². The third-order valence-corrected chi connectivity index (χ3v) is 4.35. The van der Waals surface area contributed by atoms with E-state index in [0.29, 0.717) is 12.2 Å². The molecule has 120 valence electrons. The van der Waals surface area contributed by atoms with Gasteiger partial charge in [0.25, 0.3) is 0 Å². The van der Waals surface area contributed by atoms with Crippen molar-refractivity contribution in [3.05, 3.63) is 58.7 Å². The molecular weight excluding hydrogens is 288 g/mol. The van der Waals surface area contributed by atoms with Gasteiger partial charge in [0.15, 0.2) is 0 Å². The van der Waals surface area contributed by atoms with Gasteiger partial charge in [0.05, 0.1) is 25.4 Å². The monoisotopic (exact) mass is 310 g/mol. The Labute approximate surface area is 137 Å². The standard InChI is InChI=1S/C20H22O3/c1-13-3-5-19(15(7-13)9-17-11-21-17)23-20-6-4-14(2)8-16(20)10-18-12-22-18/h3-8,17-18H,9-12H2,1-2H3. The first-order valence-corrected chi connectivity index (χ1v) is 8.27. The second kappa shape index (κ2) is 5.99. The zero-order valence-corrected chi connectivity index (χ0v) is 13.7. The Bertz CT molecular complexity index is 653. The molecule has 2 aromatic carbocycles. The maximum Gasteiger partial charge on any atom is 0.130 e. The quantitative estimate of drug-likeness (QED) is 0.757. The van der Waals surface area contributed by atoms with Crippen LogP contribution >= 0.6 is 0 Å². The van der Waals surface area contributed by atoms with Crippen LogP contribution in [-0.2, 0) is 22.3 Å². The summed E-state index contributed by atoms with van der Waals surface area (Å²) in [6.45, 7) is 5.95. The molecule has 0 bridgehead atoms. The van der Waals surface area contributed by atoms with Gasteiger partial charge in [0.1, 0.15) is 11.5 Å². The average Bonchev–Trinajstić information content (AvgIpc) is 3.40. The fourth-order valence-electron chi connectivity index (χ4n) is 2.92. The summed E-state index contributed by atoms with van der Waals surface area (Å²) in [5.41, 5.74) is 4.95. The van der Waals surface area contributed by atoms with E-state index in [2.05, 4.69) is 50.2 Å². The molecule has 3 nitrogen and oxygen atoms in total. The molecule has 0 aliphatic carbocycles. The van der Waals surface area contributed by atoms with Gasteiger partial charge in [-0.05, 0) is 37.1 Å². The molecule has 23 heavy (non-hydrogen) atoms. The van der Waals surface area contributed by atoms with Crippen molar-refractivity contribution >= 4 is 0 Å². The van der Waals surface area contributed by atoms with Gasteiger partial charge in [-0.1, -0.05) is 35.4 Å². The molecule has 2 atom stereocenters. The zero-order chi connectivity index (χ0) is 15.8. The highest BCUT2D eigenvalue weighted by Gasteiger charge is 2.26. The van der Waals surface area contributed by atoms with Crippen LogP contribution in [0.4, 0.5) is 0 Å². The largest absolute Gasteiger partial charge is 0.457 e. The van der Waals surface area contributed by atoms with Crippen molar-refractivity contribution in [1.29, 1.82) is 0 Å². The molecule has 0 N–H and O–H groups in total. The molecule has 0 spiro atoms. The van der Waals surface area contributed by atoms with Crippen LogP contribution in [0.25, 0.3) is 0 Å². The first-order chi connectivity index (χ1) is 11.2. The van der Waals surface area contributed by atoms with Crippen molar-refractivity contribution in [3.8, 4) is 11.5 Å². The van der Waals surface area contributed by atoms with E-state index in [0.717, 1.165) is 37.6 Å². The summed E-state index contributed by atoms with van der Waals surface area (Å²) in [4.78, 5) is 0. The van der Waals surface area contributed by atoms with Gasteiger partial charge in [-0.2, -0.15) is 0 Å². The Morgan fingerprint density at radius 1 is 0.826 bits per heavy atom. The van der Waals surface area contributed by atoms with Crippen molar-refractivity contribution < 1.29 is 14.2 Å². The van der Waals surface area contributed by atoms with Crippen LogP contribution in [0.5, 0.6) is 11.5 Å². The number of epoxide rings is 2. The normalized spacial score (nSPS) is 22.0. The Kier molecular flexibility index (Phi) is 3.83. The molecule has 2 aliphatic heterocycles.